The molecule has 1 saturated heterocycles. The molecule has 3 N–H and O–H groups in total. The van der Waals surface area contributed by atoms with E-state index in [0.29, 0.717) is 5.69 Å². The largest absolute Gasteiger partial charge is 0.340 e. The Kier molecular flexibility index (Phi) is 4.29. The van der Waals surface area contributed by atoms with Gasteiger partial charge in [-0.25, -0.2) is 0 Å². The van der Waals surface area contributed by atoms with Gasteiger partial charge in [-0.05, 0) is 26.0 Å². The SMILES string of the molecule is CC(NC(=O)c1n[nH]c2ccccc12)C(=O)N(C)C1CCNC1. The first-order valence-electron chi connectivity index (χ1n) is 7.79. The van der Waals surface area contributed by atoms with Crippen molar-refractivity contribution in [3.63, 3.8) is 0 Å². The molecule has 1 aliphatic heterocycles. The molecule has 2 heterocycles. The second kappa shape index (κ2) is 6.37. The van der Waals surface area contributed by atoms with Gasteiger partial charge < -0.3 is 15.5 Å². The molecule has 1 aromatic carbocycles. The van der Waals surface area contributed by atoms with Crippen LogP contribution in [0.5, 0.6) is 0 Å². The highest BCUT2D eigenvalue weighted by Crippen LogP contribution is 2.15. The first-order chi connectivity index (χ1) is 11.1. The number of carbonyl (C=O) groups is 2. The maximum Gasteiger partial charge on any atom is 0.273 e. The highest BCUT2D eigenvalue weighted by Gasteiger charge is 2.28. The maximum atomic E-state index is 12.5. The Bertz CT molecular complexity index is 720. The Hall–Kier alpha value is -2.41. The van der Waals surface area contributed by atoms with E-state index >= 15 is 0 Å². The van der Waals surface area contributed by atoms with E-state index in [2.05, 4.69) is 20.8 Å². The highest BCUT2D eigenvalue weighted by molar-refractivity contribution is 6.05. The number of nitrogens with zero attached hydrogens (tertiary/aromatic N) is 2. The zero-order chi connectivity index (χ0) is 16.4. The molecule has 0 saturated carbocycles. The molecule has 3 rings (SSSR count). The average molecular weight is 315 g/mol. The minimum absolute atomic E-state index is 0.0908. The standard InChI is InChI=1S/C16H21N5O2/c1-10(16(23)21(2)11-7-8-17-9-11)18-15(22)14-12-5-3-4-6-13(12)19-20-14/h3-6,10-11,17H,7-9H2,1-2H3,(H,18,22)(H,19,20). The molecule has 0 spiro atoms. The van der Waals surface area contributed by atoms with Crippen LogP contribution >= 0.6 is 0 Å². The number of H-pyrrole nitrogens is 1. The molecule has 23 heavy (non-hydrogen) atoms. The van der Waals surface area contributed by atoms with Gasteiger partial charge in [-0.3, -0.25) is 14.7 Å². The van der Waals surface area contributed by atoms with Crippen molar-refractivity contribution in [3.8, 4) is 0 Å². The first kappa shape index (κ1) is 15.5. The fourth-order valence-electron chi connectivity index (χ4n) is 2.92. The molecular weight excluding hydrogens is 294 g/mol. The van der Waals surface area contributed by atoms with E-state index in [1.165, 1.54) is 0 Å². The van der Waals surface area contributed by atoms with Gasteiger partial charge >= 0.3 is 0 Å². The lowest BCUT2D eigenvalue weighted by Gasteiger charge is -2.27. The van der Waals surface area contributed by atoms with E-state index in [9.17, 15) is 9.59 Å². The molecule has 1 aromatic heterocycles. The second-order valence-electron chi connectivity index (χ2n) is 5.91. The van der Waals surface area contributed by atoms with E-state index in [0.717, 1.165) is 30.4 Å². The van der Waals surface area contributed by atoms with Crippen molar-refractivity contribution >= 4 is 22.7 Å². The van der Waals surface area contributed by atoms with E-state index in [1.54, 1.807) is 18.9 Å². The summed E-state index contributed by atoms with van der Waals surface area (Å²) >= 11 is 0. The van der Waals surface area contributed by atoms with E-state index in [4.69, 9.17) is 0 Å². The molecule has 7 heteroatoms. The normalized spacial score (nSPS) is 18.8. The Morgan fingerprint density at radius 2 is 2.17 bits per heavy atom. The van der Waals surface area contributed by atoms with Gasteiger partial charge in [0.1, 0.15) is 6.04 Å². The van der Waals surface area contributed by atoms with Gasteiger partial charge in [0.15, 0.2) is 5.69 Å². The van der Waals surface area contributed by atoms with Crippen molar-refractivity contribution in [2.45, 2.75) is 25.4 Å². The molecule has 1 fully saturated rings. The van der Waals surface area contributed by atoms with Gasteiger partial charge in [0.2, 0.25) is 5.91 Å². The number of para-hydroxylation sites is 1. The minimum Gasteiger partial charge on any atom is -0.340 e. The predicted molar refractivity (Wildman–Crippen MR) is 87.1 cm³/mol. The molecule has 2 amide bonds. The zero-order valence-electron chi connectivity index (χ0n) is 13.3. The van der Waals surface area contributed by atoms with Crippen LogP contribution in [-0.2, 0) is 4.79 Å². The third kappa shape index (κ3) is 3.05. The van der Waals surface area contributed by atoms with Crippen LogP contribution in [0.4, 0.5) is 0 Å². The number of aromatic amines is 1. The average Bonchev–Trinajstić information content (AvgIpc) is 3.22. The second-order valence-corrected chi connectivity index (χ2v) is 5.91. The van der Waals surface area contributed by atoms with Crippen LogP contribution in [0.15, 0.2) is 24.3 Å². The predicted octanol–water partition coefficient (Wildman–Crippen LogP) is 0.502. The Labute approximate surface area is 134 Å². The third-order valence-corrected chi connectivity index (χ3v) is 4.33. The molecule has 2 atom stereocenters. The van der Waals surface area contributed by atoms with Crippen LogP contribution in [0, 0.1) is 0 Å². The van der Waals surface area contributed by atoms with Crippen molar-refractivity contribution in [1.29, 1.82) is 0 Å². The molecule has 122 valence electrons. The number of fused-ring (bicyclic) bond motifs is 1. The van der Waals surface area contributed by atoms with Crippen molar-refractivity contribution in [2.24, 2.45) is 0 Å². The lowest BCUT2D eigenvalue weighted by atomic mass is 10.1. The smallest absolute Gasteiger partial charge is 0.273 e. The lowest BCUT2D eigenvalue weighted by Crippen LogP contribution is -2.49. The number of nitrogens with one attached hydrogen (secondary N) is 3. The molecule has 2 unspecified atom stereocenters. The lowest BCUT2D eigenvalue weighted by molar-refractivity contribution is -0.133. The molecule has 1 aliphatic rings. The minimum atomic E-state index is -0.594. The quantitative estimate of drug-likeness (QED) is 0.766. The van der Waals surface area contributed by atoms with Crippen LogP contribution in [-0.4, -0.2) is 59.1 Å². The Morgan fingerprint density at radius 1 is 1.39 bits per heavy atom. The summed E-state index contributed by atoms with van der Waals surface area (Å²) in [7, 11) is 1.78. The molecule has 2 aromatic rings. The fourth-order valence-corrected chi connectivity index (χ4v) is 2.92. The van der Waals surface area contributed by atoms with Gasteiger partial charge in [-0.15, -0.1) is 0 Å². The van der Waals surface area contributed by atoms with Gasteiger partial charge in [0, 0.05) is 25.0 Å². The Balaban J connectivity index is 1.68. The summed E-state index contributed by atoms with van der Waals surface area (Å²) in [6, 6.07) is 7.00. The number of hydrogen-bond donors (Lipinski definition) is 3. The van der Waals surface area contributed by atoms with Crippen LogP contribution in [0.1, 0.15) is 23.8 Å². The van der Waals surface area contributed by atoms with E-state index in [1.807, 2.05) is 24.3 Å². The number of hydrogen-bond acceptors (Lipinski definition) is 4. The van der Waals surface area contributed by atoms with Gasteiger partial charge in [0.05, 0.1) is 5.52 Å². The monoisotopic (exact) mass is 315 g/mol. The van der Waals surface area contributed by atoms with Crippen LogP contribution in [0.3, 0.4) is 0 Å². The van der Waals surface area contributed by atoms with Crippen molar-refractivity contribution < 1.29 is 9.59 Å². The summed E-state index contributed by atoms with van der Waals surface area (Å²) in [6.07, 6.45) is 0.937. The summed E-state index contributed by atoms with van der Waals surface area (Å²) in [6.45, 7) is 3.42. The number of aromatic nitrogens is 2. The van der Waals surface area contributed by atoms with Crippen molar-refractivity contribution in [3.05, 3.63) is 30.0 Å². The molecule has 7 nitrogen and oxygen atoms in total. The summed E-state index contributed by atoms with van der Waals surface area (Å²) in [5.41, 5.74) is 1.11. The van der Waals surface area contributed by atoms with Gasteiger partial charge in [-0.2, -0.15) is 5.10 Å². The van der Waals surface area contributed by atoms with Crippen molar-refractivity contribution in [2.75, 3.05) is 20.1 Å². The number of benzene rings is 1. The number of rotatable bonds is 4. The van der Waals surface area contributed by atoms with E-state index in [-0.39, 0.29) is 17.9 Å². The Morgan fingerprint density at radius 3 is 2.91 bits per heavy atom. The summed E-state index contributed by atoms with van der Waals surface area (Å²) in [5, 5.41) is 13.6. The van der Waals surface area contributed by atoms with Crippen LogP contribution in [0.2, 0.25) is 0 Å². The number of carbonyl (C=O) groups excluding carboxylic acids is 2. The number of likely N-dealkylation sites (N-methyl/N-ethyl adjacent to an activating group) is 1. The van der Waals surface area contributed by atoms with Gasteiger partial charge in [0.25, 0.3) is 5.91 Å². The van der Waals surface area contributed by atoms with Crippen molar-refractivity contribution in [1.82, 2.24) is 25.7 Å². The fraction of sp³-hybridized carbons (Fsp3) is 0.438. The first-order valence-corrected chi connectivity index (χ1v) is 7.79. The van der Waals surface area contributed by atoms with E-state index < -0.39 is 6.04 Å². The van der Waals surface area contributed by atoms with Crippen LogP contribution < -0.4 is 10.6 Å². The van der Waals surface area contributed by atoms with Crippen LogP contribution in [0.25, 0.3) is 10.9 Å². The zero-order valence-corrected chi connectivity index (χ0v) is 13.3. The topological polar surface area (TPSA) is 90.1 Å². The summed E-state index contributed by atoms with van der Waals surface area (Å²) in [4.78, 5) is 26.6. The maximum absolute atomic E-state index is 12.5. The summed E-state index contributed by atoms with van der Waals surface area (Å²) < 4.78 is 0. The molecular formula is C16H21N5O2. The summed E-state index contributed by atoms with van der Waals surface area (Å²) in [5.74, 6) is -0.437. The number of amides is 2. The molecule has 0 radical (unpaired) electrons. The molecule has 0 aliphatic carbocycles. The van der Waals surface area contributed by atoms with Gasteiger partial charge in [-0.1, -0.05) is 18.2 Å². The highest BCUT2D eigenvalue weighted by atomic mass is 16.2. The third-order valence-electron chi connectivity index (χ3n) is 4.33. The molecule has 0 bridgehead atoms.